The van der Waals surface area contributed by atoms with Crippen molar-refractivity contribution in [3.05, 3.63) is 10.1 Å². The van der Waals surface area contributed by atoms with E-state index >= 15 is 0 Å². The summed E-state index contributed by atoms with van der Waals surface area (Å²) in [6.45, 7) is 0.905. The van der Waals surface area contributed by atoms with Crippen LogP contribution in [0, 0.1) is 10.1 Å². The molecule has 0 rings (SSSR count). The fourth-order valence-corrected chi connectivity index (χ4v) is 0.839. The summed E-state index contributed by atoms with van der Waals surface area (Å²) in [5, 5.41) is 18.8. The Bertz CT molecular complexity index is 130. The van der Waals surface area contributed by atoms with Gasteiger partial charge in [0.2, 0.25) is 5.54 Å². The molecule has 0 spiro atoms. The molecule has 0 radical (unpaired) electrons. The number of halogens is 1. The van der Waals surface area contributed by atoms with Crippen LogP contribution in [-0.4, -0.2) is 28.1 Å². The molecule has 60 valence electrons. The average molecular weight is 168 g/mol. The third-order valence-corrected chi connectivity index (χ3v) is 1.60. The van der Waals surface area contributed by atoms with Gasteiger partial charge in [-0.05, 0) is 0 Å². The molecule has 0 aliphatic rings. The zero-order chi connectivity index (χ0) is 8.20. The molecular formula is C5H10ClNO3. The molecule has 0 aromatic heterocycles. The second kappa shape index (κ2) is 3.73. The van der Waals surface area contributed by atoms with Gasteiger partial charge in [-0.3, -0.25) is 10.1 Å². The topological polar surface area (TPSA) is 63.4 Å². The van der Waals surface area contributed by atoms with Gasteiger partial charge in [0, 0.05) is 24.1 Å². The van der Waals surface area contributed by atoms with Crippen LogP contribution in [0.3, 0.4) is 0 Å². The van der Waals surface area contributed by atoms with Gasteiger partial charge in [-0.15, -0.1) is 11.6 Å². The highest BCUT2D eigenvalue weighted by atomic mass is 35.5. The van der Waals surface area contributed by atoms with E-state index in [2.05, 4.69) is 0 Å². The molecule has 0 saturated carbocycles. The zero-order valence-corrected chi connectivity index (χ0v) is 6.47. The first-order valence-corrected chi connectivity index (χ1v) is 3.41. The van der Waals surface area contributed by atoms with Crippen molar-refractivity contribution in [2.45, 2.75) is 18.9 Å². The van der Waals surface area contributed by atoms with Crippen LogP contribution in [0.15, 0.2) is 0 Å². The Kier molecular flexibility index (Phi) is 3.60. The van der Waals surface area contributed by atoms with Crippen LogP contribution in [0.2, 0.25) is 0 Å². The lowest BCUT2D eigenvalue weighted by atomic mass is 10.0. The number of aliphatic hydroxyl groups is 1. The van der Waals surface area contributed by atoms with Crippen molar-refractivity contribution in [3.63, 3.8) is 0 Å². The number of nitro groups is 1. The minimum Gasteiger partial charge on any atom is -0.389 e. The maximum atomic E-state index is 10.2. The van der Waals surface area contributed by atoms with Crippen LogP contribution in [0.25, 0.3) is 0 Å². The maximum absolute atomic E-state index is 10.2. The van der Waals surface area contributed by atoms with Crippen LogP contribution in [-0.2, 0) is 0 Å². The zero-order valence-electron chi connectivity index (χ0n) is 5.71. The smallest absolute Gasteiger partial charge is 0.243 e. The number of aliphatic hydroxyl groups excluding tert-OH is 1. The van der Waals surface area contributed by atoms with E-state index in [1.165, 1.54) is 6.92 Å². The predicted molar refractivity (Wildman–Crippen MR) is 37.8 cm³/mol. The van der Waals surface area contributed by atoms with Crippen LogP contribution in [0.1, 0.15) is 13.3 Å². The Balaban J connectivity index is 4.08. The van der Waals surface area contributed by atoms with Gasteiger partial charge in [-0.1, -0.05) is 0 Å². The first-order valence-electron chi connectivity index (χ1n) is 2.88. The van der Waals surface area contributed by atoms with Gasteiger partial charge in [-0.25, -0.2) is 0 Å². The SMILES string of the molecule is CC(CO)(CCCl)[N+](=O)[O-]. The normalized spacial score (nSPS) is 16.3. The van der Waals surface area contributed by atoms with Gasteiger partial charge in [-0.2, -0.15) is 0 Å². The van der Waals surface area contributed by atoms with E-state index in [4.69, 9.17) is 16.7 Å². The van der Waals surface area contributed by atoms with Crippen molar-refractivity contribution in [2.24, 2.45) is 0 Å². The summed E-state index contributed by atoms with van der Waals surface area (Å²) in [5.41, 5.74) is -1.26. The quantitative estimate of drug-likeness (QED) is 0.380. The van der Waals surface area contributed by atoms with Gasteiger partial charge < -0.3 is 5.11 Å². The monoisotopic (exact) mass is 167 g/mol. The number of alkyl halides is 1. The van der Waals surface area contributed by atoms with Crippen LogP contribution >= 0.6 is 11.6 Å². The molecule has 0 aromatic carbocycles. The van der Waals surface area contributed by atoms with Crippen molar-refractivity contribution in [2.75, 3.05) is 12.5 Å². The molecule has 0 saturated heterocycles. The highest BCUT2D eigenvalue weighted by Gasteiger charge is 2.35. The summed E-state index contributed by atoms with van der Waals surface area (Å²) in [6, 6.07) is 0. The second-order valence-electron chi connectivity index (χ2n) is 2.35. The molecule has 1 atom stereocenters. The summed E-state index contributed by atoms with van der Waals surface area (Å²) in [6.07, 6.45) is 0.193. The number of rotatable bonds is 4. The highest BCUT2D eigenvalue weighted by Crippen LogP contribution is 2.13. The summed E-state index contributed by atoms with van der Waals surface area (Å²) in [5.74, 6) is 0.193. The van der Waals surface area contributed by atoms with Crippen molar-refractivity contribution >= 4 is 11.6 Å². The third kappa shape index (κ3) is 2.11. The van der Waals surface area contributed by atoms with Gasteiger partial charge in [0.05, 0.1) is 0 Å². The van der Waals surface area contributed by atoms with Gasteiger partial charge in [0.15, 0.2) is 0 Å². The van der Waals surface area contributed by atoms with E-state index in [0.29, 0.717) is 0 Å². The molecule has 5 heteroatoms. The largest absolute Gasteiger partial charge is 0.389 e. The lowest BCUT2D eigenvalue weighted by Crippen LogP contribution is -2.39. The Hall–Kier alpha value is -0.350. The Labute approximate surface area is 63.9 Å². The Morgan fingerprint density at radius 3 is 2.40 bits per heavy atom. The van der Waals surface area contributed by atoms with E-state index in [0.717, 1.165) is 0 Å². The molecule has 1 unspecified atom stereocenters. The van der Waals surface area contributed by atoms with E-state index in [-0.39, 0.29) is 12.3 Å². The lowest BCUT2D eigenvalue weighted by molar-refractivity contribution is -0.569. The third-order valence-electron chi connectivity index (χ3n) is 1.41. The highest BCUT2D eigenvalue weighted by molar-refractivity contribution is 6.17. The Morgan fingerprint density at radius 2 is 2.30 bits per heavy atom. The molecular weight excluding hydrogens is 158 g/mol. The average Bonchev–Trinajstić information content (AvgIpc) is 1.88. The first-order chi connectivity index (χ1) is 4.56. The van der Waals surface area contributed by atoms with E-state index in [1.807, 2.05) is 0 Å². The summed E-state index contributed by atoms with van der Waals surface area (Å²) >= 11 is 5.29. The minimum atomic E-state index is -1.26. The van der Waals surface area contributed by atoms with E-state index in [1.54, 1.807) is 0 Å². The standard InChI is InChI=1S/C5H10ClNO3/c1-5(4-8,2-3-6)7(9)10/h8H,2-4H2,1H3. The van der Waals surface area contributed by atoms with Crippen molar-refractivity contribution in [1.29, 1.82) is 0 Å². The van der Waals surface area contributed by atoms with Gasteiger partial charge in [0.25, 0.3) is 0 Å². The molecule has 0 aromatic rings. The first kappa shape index (κ1) is 9.65. The molecule has 1 N–H and O–H groups in total. The molecule has 0 aliphatic carbocycles. The molecule has 0 bridgehead atoms. The number of nitrogens with zero attached hydrogens (tertiary/aromatic N) is 1. The minimum absolute atomic E-state index is 0.193. The second-order valence-corrected chi connectivity index (χ2v) is 2.73. The number of hydrogen-bond donors (Lipinski definition) is 1. The van der Waals surface area contributed by atoms with Crippen LogP contribution in [0.5, 0.6) is 0 Å². The van der Waals surface area contributed by atoms with Crippen molar-refractivity contribution < 1.29 is 10.0 Å². The van der Waals surface area contributed by atoms with Crippen LogP contribution in [0.4, 0.5) is 0 Å². The van der Waals surface area contributed by atoms with Gasteiger partial charge in [0.1, 0.15) is 6.61 Å². The molecule has 10 heavy (non-hydrogen) atoms. The molecule has 0 amide bonds. The van der Waals surface area contributed by atoms with Gasteiger partial charge >= 0.3 is 0 Å². The lowest BCUT2D eigenvalue weighted by Gasteiger charge is -2.15. The fourth-order valence-electron chi connectivity index (χ4n) is 0.432. The summed E-state index contributed by atoms with van der Waals surface area (Å²) in [4.78, 5) is 9.72. The Morgan fingerprint density at radius 1 is 1.80 bits per heavy atom. The van der Waals surface area contributed by atoms with E-state index < -0.39 is 17.1 Å². The molecule has 0 fully saturated rings. The molecule has 0 aliphatic heterocycles. The van der Waals surface area contributed by atoms with Crippen molar-refractivity contribution in [3.8, 4) is 0 Å². The number of hydrogen-bond acceptors (Lipinski definition) is 3. The summed E-state index contributed by atoms with van der Waals surface area (Å²) in [7, 11) is 0. The summed E-state index contributed by atoms with van der Waals surface area (Å²) < 4.78 is 0. The molecule has 0 heterocycles. The van der Waals surface area contributed by atoms with Crippen LogP contribution < -0.4 is 0 Å². The fraction of sp³-hybridized carbons (Fsp3) is 1.00. The van der Waals surface area contributed by atoms with Crippen molar-refractivity contribution in [1.82, 2.24) is 0 Å². The van der Waals surface area contributed by atoms with E-state index in [9.17, 15) is 10.1 Å². The molecule has 4 nitrogen and oxygen atoms in total. The predicted octanol–water partition coefficient (Wildman–Crippen LogP) is 0.643. The maximum Gasteiger partial charge on any atom is 0.243 e.